The monoisotopic (exact) mass is 1000 g/mol. The highest BCUT2D eigenvalue weighted by molar-refractivity contribution is 7.47. The fourth-order valence-electron chi connectivity index (χ4n) is 8.36. The fourth-order valence-corrected chi connectivity index (χ4v) is 9.10. The Morgan fingerprint density at radius 1 is 0.500 bits per heavy atom. The number of aliphatic hydroxyl groups excluding tert-OH is 1. The molecule has 0 saturated carbocycles. The van der Waals surface area contributed by atoms with Gasteiger partial charge < -0.3 is 19.8 Å². The van der Waals surface area contributed by atoms with E-state index in [-0.39, 0.29) is 19.1 Å². The van der Waals surface area contributed by atoms with Gasteiger partial charge in [0.25, 0.3) is 0 Å². The van der Waals surface area contributed by atoms with Crippen molar-refractivity contribution < 1.29 is 32.9 Å². The number of allylic oxidation sites excluding steroid dienone is 11. The van der Waals surface area contributed by atoms with Crippen LogP contribution in [0.2, 0.25) is 0 Å². The number of quaternary nitrogens is 1. The van der Waals surface area contributed by atoms with E-state index in [4.69, 9.17) is 9.05 Å². The zero-order valence-corrected chi connectivity index (χ0v) is 47.4. The lowest BCUT2D eigenvalue weighted by molar-refractivity contribution is -0.870. The molecule has 0 fully saturated rings. The van der Waals surface area contributed by atoms with E-state index in [1.807, 2.05) is 27.2 Å². The summed E-state index contributed by atoms with van der Waals surface area (Å²) in [5.41, 5.74) is 0. The SMILES string of the molecule is CC/C=C\C/C=C\C/C=C\C/C=C\C/C=C\CCCCCCCCCCCCCCCCCCCCCCCC(=O)NC(COP(=O)(O)OCC[N+](C)(C)C)C(O)/C=C/CCCCCCCCCCC. The van der Waals surface area contributed by atoms with Crippen LogP contribution in [0.25, 0.3) is 0 Å². The number of unbranched alkanes of at least 4 members (excludes halogenated alkanes) is 30. The minimum Gasteiger partial charge on any atom is -0.387 e. The lowest BCUT2D eigenvalue weighted by Gasteiger charge is -2.25. The number of hydrogen-bond acceptors (Lipinski definition) is 5. The Morgan fingerprint density at radius 3 is 1.26 bits per heavy atom. The maximum Gasteiger partial charge on any atom is 0.472 e. The first-order chi connectivity index (χ1) is 34.0. The molecule has 0 bridgehead atoms. The third kappa shape index (κ3) is 53.7. The third-order valence-electron chi connectivity index (χ3n) is 12.9. The van der Waals surface area contributed by atoms with Gasteiger partial charge in [0.1, 0.15) is 13.2 Å². The molecular weight excluding hydrogens is 888 g/mol. The molecule has 0 rings (SSSR count). The number of rotatable bonds is 53. The second-order valence-electron chi connectivity index (χ2n) is 21.0. The molecule has 3 atom stereocenters. The summed E-state index contributed by atoms with van der Waals surface area (Å²) in [6, 6.07) is -0.845. The predicted octanol–water partition coefficient (Wildman–Crippen LogP) is 17.9. The Kier molecular flexibility index (Phi) is 50.3. The highest BCUT2D eigenvalue weighted by Crippen LogP contribution is 2.43. The molecule has 0 aliphatic heterocycles. The van der Waals surface area contributed by atoms with Crippen LogP contribution in [-0.4, -0.2) is 73.4 Å². The Bertz CT molecular complexity index is 1370. The van der Waals surface area contributed by atoms with Gasteiger partial charge in [-0.05, 0) is 64.2 Å². The molecule has 0 heterocycles. The molecule has 0 spiro atoms. The van der Waals surface area contributed by atoms with E-state index < -0.39 is 20.0 Å². The molecule has 0 aromatic carbocycles. The lowest BCUT2D eigenvalue weighted by Crippen LogP contribution is -2.45. The van der Waals surface area contributed by atoms with Gasteiger partial charge in [0.05, 0.1) is 39.9 Å². The van der Waals surface area contributed by atoms with Crippen LogP contribution in [0.1, 0.15) is 258 Å². The highest BCUT2D eigenvalue weighted by Gasteiger charge is 2.27. The second-order valence-corrected chi connectivity index (χ2v) is 22.4. The first kappa shape index (κ1) is 67.9. The lowest BCUT2D eigenvalue weighted by atomic mass is 10.0. The first-order valence-corrected chi connectivity index (χ1v) is 30.8. The van der Waals surface area contributed by atoms with Crippen molar-refractivity contribution in [1.29, 1.82) is 0 Å². The minimum absolute atomic E-state index is 0.0613. The number of likely N-dealkylation sites (N-methyl/N-ethyl adjacent to an activating group) is 1. The van der Waals surface area contributed by atoms with Gasteiger partial charge in [-0.1, -0.05) is 260 Å². The number of phosphoric ester groups is 1. The molecule has 70 heavy (non-hydrogen) atoms. The van der Waals surface area contributed by atoms with Crippen LogP contribution >= 0.6 is 7.82 Å². The zero-order valence-electron chi connectivity index (χ0n) is 46.5. The molecule has 3 unspecified atom stereocenters. The molecule has 0 aliphatic carbocycles. The van der Waals surface area contributed by atoms with Crippen molar-refractivity contribution in [2.75, 3.05) is 40.9 Å². The number of aliphatic hydroxyl groups is 1. The smallest absolute Gasteiger partial charge is 0.387 e. The topological polar surface area (TPSA) is 105 Å². The standard InChI is InChI=1S/C61H113N2O6P/c1-6-8-10-12-14-16-18-19-20-21-22-23-24-25-26-27-28-29-30-31-32-33-34-35-36-37-38-39-40-41-42-43-45-47-49-51-53-55-61(65)62-59(58-69-70(66,67)68-57-56-63(3,4)5)60(64)54-52-50-48-46-44-17-15-13-11-9-7-2/h8,10,14,16,19-20,22-23,25-26,52,54,59-60,64H,6-7,9,11-13,15,17-18,21,24,27-51,53,55-58H2,1-5H3,(H-,62,65,66,67)/p+1/b10-8-,16-14-,20-19-,23-22-,26-25-,54-52+. The van der Waals surface area contributed by atoms with Crippen molar-refractivity contribution in [3.8, 4) is 0 Å². The maximum absolute atomic E-state index is 12.9. The van der Waals surface area contributed by atoms with Crippen LogP contribution in [0.15, 0.2) is 72.9 Å². The van der Waals surface area contributed by atoms with Crippen LogP contribution in [-0.2, 0) is 18.4 Å². The van der Waals surface area contributed by atoms with Crippen LogP contribution < -0.4 is 5.32 Å². The van der Waals surface area contributed by atoms with Crippen molar-refractivity contribution in [3.05, 3.63) is 72.9 Å². The fraction of sp³-hybridized carbons (Fsp3) is 0.787. The number of phosphoric acid groups is 1. The van der Waals surface area contributed by atoms with E-state index in [0.29, 0.717) is 17.4 Å². The van der Waals surface area contributed by atoms with Gasteiger partial charge in [0, 0.05) is 6.42 Å². The summed E-state index contributed by atoms with van der Waals surface area (Å²) in [4.78, 5) is 23.2. The Hall–Kier alpha value is -2.06. The Balaban J connectivity index is 3.92. The Labute approximate surface area is 434 Å². The van der Waals surface area contributed by atoms with E-state index in [0.717, 1.165) is 70.6 Å². The van der Waals surface area contributed by atoms with Gasteiger partial charge in [-0.25, -0.2) is 4.57 Å². The molecule has 3 N–H and O–H groups in total. The van der Waals surface area contributed by atoms with Crippen molar-refractivity contribution in [3.63, 3.8) is 0 Å². The molecule has 0 aliphatic rings. The predicted molar refractivity (Wildman–Crippen MR) is 304 cm³/mol. The molecular formula is C61H114N2O6P+. The van der Waals surface area contributed by atoms with Crippen molar-refractivity contribution in [2.24, 2.45) is 0 Å². The summed E-state index contributed by atoms with van der Waals surface area (Å²) in [6.07, 6.45) is 71.7. The van der Waals surface area contributed by atoms with Crippen LogP contribution in [0.3, 0.4) is 0 Å². The van der Waals surface area contributed by atoms with Gasteiger partial charge in [0.2, 0.25) is 5.91 Å². The van der Waals surface area contributed by atoms with Crippen LogP contribution in [0.5, 0.6) is 0 Å². The molecule has 9 heteroatoms. The van der Waals surface area contributed by atoms with E-state index in [1.165, 1.54) is 167 Å². The third-order valence-corrected chi connectivity index (χ3v) is 13.9. The highest BCUT2D eigenvalue weighted by atomic mass is 31.2. The van der Waals surface area contributed by atoms with Crippen LogP contribution in [0.4, 0.5) is 0 Å². The Morgan fingerprint density at radius 2 is 0.857 bits per heavy atom. The molecule has 0 radical (unpaired) electrons. The number of amides is 1. The second kappa shape index (κ2) is 51.8. The maximum atomic E-state index is 12.9. The van der Waals surface area contributed by atoms with Gasteiger partial charge in [-0.3, -0.25) is 13.8 Å². The molecule has 8 nitrogen and oxygen atoms in total. The van der Waals surface area contributed by atoms with Crippen molar-refractivity contribution >= 4 is 13.7 Å². The largest absolute Gasteiger partial charge is 0.472 e. The summed E-state index contributed by atoms with van der Waals surface area (Å²) >= 11 is 0. The van der Waals surface area contributed by atoms with Gasteiger partial charge >= 0.3 is 7.82 Å². The average molecular weight is 1000 g/mol. The quantitative estimate of drug-likeness (QED) is 0.0243. The molecule has 1 amide bonds. The minimum atomic E-state index is -4.34. The summed E-state index contributed by atoms with van der Waals surface area (Å²) in [6.45, 7) is 4.69. The zero-order chi connectivity index (χ0) is 51.3. The summed E-state index contributed by atoms with van der Waals surface area (Å²) in [5.74, 6) is -0.177. The van der Waals surface area contributed by atoms with E-state index in [1.54, 1.807) is 6.08 Å². The van der Waals surface area contributed by atoms with E-state index >= 15 is 0 Å². The number of carbonyl (C=O) groups is 1. The van der Waals surface area contributed by atoms with E-state index in [9.17, 15) is 19.4 Å². The molecule has 408 valence electrons. The van der Waals surface area contributed by atoms with Crippen molar-refractivity contribution in [1.82, 2.24) is 5.32 Å². The molecule has 0 saturated heterocycles. The number of nitrogens with zero attached hydrogens (tertiary/aromatic N) is 1. The van der Waals surface area contributed by atoms with Gasteiger partial charge in [-0.15, -0.1) is 0 Å². The summed E-state index contributed by atoms with van der Waals surface area (Å²) in [5, 5.41) is 13.9. The number of nitrogens with one attached hydrogen (secondary N) is 1. The first-order valence-electron chi connectivity index (χ1n) is 29.3. The summed E-state index contributed by atoms with van der Waals surface area (Å²) < 4.78 is 23.6. The van der Waals surface area contributed by atoms with Gasteiger partial charge in [0.15, 0.2) is 0 Å². The summed E-state index contributed by atoms with van der Waals surface area (Å²) in [7, 11) is 1.57. The molecule has 0 aromatic heterocycles. The number of carbonyl (C=O) groups excluding carboxylic acids is 1. The van der Waals surface area contributed by atoms with Gasteiger partial charge in [-0.2, -0.15) is 0 Å². The van der Waals surface area contributed by atoms with Crippen molar-refractivity contribution in [2.45, 2.75) is 270 Å². The molecule has 0 aromatic rings. The van der Waals surface area contributed by atoms with E-state index in [2.05, 4.69) is 79.9 Å². The number of hydrogen-bond donors (Lipinski definition) is 3. The average Bonchev–Trinajstić information content (AvgIpc) is 3.32. The van der Waals surface area contributed by atoms with Crippen LogP contribution in [0, 0.1) is 0 Å². The normalized spacial score (nSPS) is 14.4.